The minimum Gasteiger partial charge on any atom is -0.303 e. The van der Waals surface area contributed by atoms with Gasteiger partial charge >= 0.3 is 5.69 Å². The smallest absolute Gasteiger partial charge is 0.303 e. The van der Waals surface area contributed by atoms with Crippen molar-refractivity contribution in [2.24, 2.45) is 7.05 Å². The van der Waals surface area contributed by atoms with Gasteiger partial charge in [0.05, 0.1) is 18.2 Å². The van der Waals surface area contributed by atoms with Crippen molar-refractivity contribution >= 4 is 0 Å². The van der Waals surface area contributed by atoms with E-state index in [9.17, 15) is 9.59 Å². The second-order valence-corrected chi connectivity index (χ2v) is 3.94. The standard InChI is InChI=1S/C13H11N3O2/c1-15-7-6-12(17)16(13(15)18)9-11-4-2-10(8-14)3-5-11/h2-7H,9H2,1H3. The lowest BCUT2D eigenvalue weighted by Crippen LogP contribution is -2.38. The first-order valence-electron chi connectivity index (χ1n) is 5.37. The molecule has 0 N–H and O–H groups in total. The van der Waals surface area contributed by atoms with Crippen LogP contribution < -0.4 is 11.2 Å². The van der Waals surface area contributed by atoms with Crippen LogP contribution in [0.3, 0.4) is 0 Å². The summed E-state index contributed by atoms with van der Waals surface area (Å²) < 4.78 is 2.51. The van der Waals surface area contributed by atoms with Crippen LogP contribution in [0.2, 0.25) is 0 Å². The van der Waals surface area contributed by atoms with Crippen molar-refractivity contribution in [1.82, 2.24) is 9.13 Å². The van der Waals surface area contributed by atoms with Crippen LogP contribution in [0.4, 0.5) is 0 Å². The summed E-state index contributed by atoms with van der Waals surface area (Å²) in [5, 5.41) is 8.68. The van der Waals surface area contributed by atoms with E-state index in [2.05, 4.69) is 0 Å². The molecule has 90 valence electrons. The number of hydrogen-bond acceptors (Lipinski definition) is 3. The van der Waals surface area contributed by atoms with Gasteiger partial charge in [-0.05, 0) is 17.7 Å². The van der Waals surface area contributed by atoms with Crippen molar-refractivity contribution in [3.8, 4) is 6.07 Å². The average molecular weight is 241 g/mol. The summed E-state index contributed by atoms with van der Waals surface area (Å²) in [6.45, 7) is 0.206. The first kappa shape index (κ1) is 11.9. The molecule has 2 rings (SSSR count). The first-order valence-corrected chi connectivity index (χ1v) is 5.37. The van der Waals surface area contributed by atoms with Crippen molar-refractivity contribution in [2.75, 3.05) is 0 Å². The zero-order valence-corrected chi connectivity index (χ0v) is 9.83. The Kier molecular flexibility index (Phi) is 3.11. The van der Waals surface area contributed by atoms with Gasteiger partial charge in [-0.3, -0.25) is 9.36 Å². The minimum absolute atomic E-state index is 0.206. The van der Waals surface area contributed by atoms with Gasteiger partial charge in [-0.25, -0.2) is 4.79 Å². The summed E-state index contributed by atoms with van der Waals surface area (Å²) >= 11 is 0. The Balaban J connectivity index is 2.40. The molecule has 0 atom stereocenters. The van der Waals surface area contributed by atoms with Gasteiger partial charge in [0.1, 0.15) is 0 Å². The van der Waals surface area contributed by atoms with Gasteiger partial charge in [0.25, 0.3) is 5.56 Å². The van der Waals surface area contributed by atoms with E-state index < -0.39 is 0 Å². The van der Waals surface area contributed by atoms with Crippen molar-refractivity contribution < 1.29 is 0 Å². The van der Waals surface area contributed by atoms with Gasteiger partial charge in [-0.2, -0.15) is 5.26 Å². The summed E-state index contributed by atoms with van der Waals surface area (Å²) in [7, 11) is 1.59. The molecule has 2 aromatic rings. The average Bonchev–Trinajstić information content (AvgIpc) is 2.40. The topological polar surface area (TPSA) is 67.8 Å². The van der Waals surface area contributed by atoms with E-state index in [1.54, 1.807) is 31.3 Å². The molecule has 0 saturated carbocycles. The lowest BCUT2D eigenvalue weighted by atomic mass is 10.1. The summed E-state index contributed by atoms with van der Waals surface area (Å²) in [6, 6.07) is 10.2. The number of hydrogen-bond donors (Lipinski definition) is 0. The van der Waals surface area contributed by atoms with Gasteiger partial charge in [-0.1, -0.05) is 12.1 Å². The number of aromatic nitrogens is 2. The van der Waals surface area contributed by atoms with E-state index in [-0.39, 0.29) is 17.8 Å². The number of nitrogens with zero attached hydrogens (tertiary/aromatic N) is 3. The van der Waals surface area contributed by atoms with E-state index in [1.807, 2.05) is 6.07 Å². The molecular weight excluding hydrogens is 230 g/mol. The van der Waals surface area contributed by atoms with Gasteiger partial charge in [0.2, 0.25) is 0 Å². The fourth-order valence-corrected chi connectivity index (χ4v) is 1.63. The molecule has 0 aliphatic heterocycles. The molecule has 0 aliphatic rings. The molecular formula is C13H11N3O2. The molecule has 18 heavy (non-hydrogen) atoms. The van der Waals surface area contributed by atoms with Crippen LogP contribution in [-0.2, 0) is 13.6 Å². The molecule has 0 saturated heterocycles. The highest BCUT2D eigenvalue weighted by Crippen LogP contribution is 2.03. The molecule has 1 aromatic heterocycles. The molecule has 0 unspecified atom stereocenters. The Bertz CT molecular complexity index is 718. The Hall–Kier alpha value is -2.61. The third-order valence-corrected chi connectivity index (χ3v) is 2.66. The summed E-state index contributed by atoms with van der Waals surface area (Å²) in [5.74, 6) is 0. The van der Waals surface area contributed by atoms with Crippen molar-refractivity contribution in [3.63, 3.8) is 0 Å². The highest BCUT2D eigenvalue weighted by atomic mass is 16.2. The molecule has 0 spiro atoms. The molecule has 1 heterocycles. The first-order chi connectivity index (χ1) is 8.61. The number of aryl methyl sites for hydroxylation is 1. The summed E-state index contributed by atoms with van der Waals surface area (Å²) in [4.78, 5) is 23.4. The Morgan fingerprint density at radius 3 is 2.44 bits per heavy atom. The fourth-order valence-electron chi connectivity index (χ4n) is 1.63. The molecule has 0 bridgehead atoms. The van der Waals surface area contributed by atoms with Crippen molar-refractivity contribution in [1.29, 1.82) is 5.26 Å². The molecule has 0 fully saturated rings. The second kappa shape index (κ2) is 4.72. The normalized spacial score (nSPS) is 10.0. The van der Waals surface area contributed by atoms with Crippen LogP contribution in [0.25, 0.3) is 0 Å². The maximum atomic E-state index is 11.8. The van der Waals surface area contributed by atoms with Crippen LogP contribution in [0.15, 0.2) is 46.1 Å². The fraction of sp³-hybridized carbons (Fsp3) is 0.154. The highest BCUT2D eigenvalue weighted by molar-refractivity contribution is 5.31. The van der Waals surface area contributed by atoms with Gasteiger partial charge < -0.3 is 4.57 Å². The number of nitriles is 1. The Morgan fingerprint density at radius 2 is 1.83 bits per heavy atom. The lowest BCUT2D eigenvalue weighted by molar-refractivity contribution is 0.639. The van der Waals surface area contributed by atoms with Crippen LogP contribution >= 0.6 is 0 Å². The summed E-state index contributed by atoms with van der Waals surface area (Å²) in [5.41, 5.74) is 0.667. The molecule has 1 aromatic carbocycles. The van der Waals surface area contributed by atoms with Crippen molar-refractivity contribution in [3.05, 3.63) is 68.5 Å². The van der Waals surface area contributed by atoms with E-state index in [1.165, 1.54) is 16.8 Å². The van der Waals surface area contributed by atoms with Crippen molar-refractivity contribution in [2.45, 2.75) is 6.54 Å². The monoisotopic (exact) mass is 241 g/mol. The third-order valence-electron chi connectivity index (χ3n) is 2.66. The van der Waals surface area contributed by atoms with Crippen LogP contribution in [0, 0.1) is 11.3 Å². The van der Waals surface area contributed by atoms with E-state index in [4.69, 9.17) is 5.26 Å². The zero-order valence-electron chi connectivity index (χ0n) is 9.83. The third kappa shape index (κ3) is 2.23. The zero-order chi connectivity index (χ0) is 13.1. The molecule has 0 amide bonds. The Morgan fingerprint density at radius 1 is 1.17 bits per heavy atom. The van der Waals surface area contributed by atoms with Gasteiger partial charge in [0, 0.05) is 19.3 Å². The lowest BCUT2D eigenvalue weighted by Gasteiger charge is -2.06. The maximum absolute atomic E-state index is 11.8. The number of benzene rings is 1. The van der Waals surface area contributed by atoms with Crippen LogP contribution in [-0.4, -0.2) is 9.13 Å². The van der Waals surface area contributed by atoms with E-state index in [0.29, 0.717) is 5.56 Å². The largest absolute Gasteiger partial charge is 0.331 e. The predicted octanol–water partition coefficient (Wildman–Crippen LogP) is 0.467. The molecule has 0 aliphatic carbocycles. The molecule has 5 heteroatoms. The summed E-state index contributed by atoms with van der Waals surface area (Å²) in [6.07, 6.45) is 1.44. The number of rotatable bonds is 2. The Labute approximate surface area is 103 Å². The molecule has 0 radical (unpaired) electrons. The van der Waals surface area contributed by atoms with Crippen LogP contribution in [0.5, 0.6) is 0 Å². The maximum Gasteiger partial charge on any atom is 0.331 e. The molecule has 5 nitrogen and oxygen atoms in total. The van der Waals surface area contributed by atoms with E-state index in [0.717, 1.165) is 10.1 Å². The minimum atomic E-state index is -0.355. The van der Waals surface area contributed by atoms with Gasteiger partial charge in [-0.15, -0.1) is 0 Å². The SMILES string of the molecule is Cn1ccc(=O)n(Cc2ccc(C#N)cc2)c1=O. The van der Waals surface area contributed by atoms with Crippen LogP contribution in [0.1, 0.15) is 11.1 Å². The van der Waals surface area contributed by atoms with Gasteiger partial charge in [0.15, 0.2) is 0 Å². The highest BCUT2D eigenvalue weighted by Gasteiger charge is 2.03. The van der Waals surface area contributed by atoms with E-state index >= 15 is 0 Å². The predicted molar refractivity (Wildman–Crippen MR) is 66.2 cm³/mol. The second-order valence-electron chi connectivity index (χ2n) is 3.94. The quantitative estimate of drug-likeness (QED) is 0.767.